The lowest BCUT2D eigenvalue weighted by Crippen LogP contribution is -2.34. The van der Waals surface area contributed by atoms with Gasteiger partial charge in [-0.2, -0.15) is 0 Å². The predicted octanol–water partition coefficient (Wildman–Crippen LogP) is 3.76. The van der Waals surface area contributed by atoms with E-state index in [0.29, 0.717) is 17.8 Å². The van der Waals surface area contributed by atoms with Crippen molar-refractivity contribution in [3.05, 3.63) is 68.3 Å². The fraction of sp³-hybridized carbons (Fsp3) is 0.211. The van der Waals surface area contributed by atoms with E-state index >= 15 is 0 Å². The van der Waals surface area contributed by atoms with Gasteiger partial charge in [0.05, 0.1) is 21.5 Å². The smallest absolute Gasteiger partial charge is 0.277 e. The van der Waals surface area contributed by atoms with E-state index in [1.165, 1.54) is 0 Å². The molecule has 0 spiro atoms. The van der Waals surface area contributed by atoms with Gasteiger partial charge in [0.2, 0.25) is 5.91 Å². The Kier molecular flexibility index (Phi) is 8.09. The Bertz CT molecular complexity index is 1010. The number of rotatable bonds is 8. The molecule has 162 valence electrons. The van der Waals surface area contributed by atoms with Crippen molar-refractivity contribution in [2.75, 3.05) is 10.6 Å². The molecule has 0 aliphatic heterocycles. The van der Waals surface area contributed by atoms with Crippen LogP contribution in [0.4, 0.5) is 22.7 Å². The zero-order chi connectivity index (χ0) is 23.0. The molecule has 0 aliphatic rings. The first kappa shape index (κ1) is 23.3. The van der Waals surface area contributed by atoms with Gasteiger partial charge in [-0.15, -0.1) is 0 Å². The van der Waals surface area contributed by atoms with Crippen molar-refractivity contribution in [2.24, 2.45) is 0 Å². The summed E-state index contributed by atoms with van der Waals surface area (Å²) in [6.07, 6.45) is 2.07. The molecule has 0 radical (unpaired) electrons. The third-order valence-electron chi connectivity index (χ3n) is 3.98. The number of nitro groups is 2. The first-order chi connectivity index (χ1) is 14.7. The highest BCUT2D eigenvalue weighted by atomic mass is 32.1. The summed E-state index contributed by atoms with van der Waals surface area (Å²) < 4.78 is 0. The maximum Gasteiger partial charge on any atom is 0.277 e. The van der Waals surface area contributed by atoms with E-state index in [-0.39, 0.29) is 16.6 Å². The number of benzene rings is 2. The van der Waals surface area contributed by atoms with E-state index in [0.717, 1.165) is 31.0 Å². The lowest BCUT2D eigenvalue weighted by atomic mass is 10.1. The van der Waals surface area contributed by atoms with Gasteiger partial charge in [0.25, 0.3) is 17.3 Å². The van der Waals surface area contributed by atoms with Gasteiger partial charge in [-0.05, 0) is 36.8 Å². The molecule has 0 bridgehead atoms. The number of carbonyl (C=O) groups excluding carboxylic acids is 2. The molecule has 0 unspecified atom stereocenters. The second-order valence-electron chi connectivity index (χ2n) is 6.39. The van der Waals surface area contributed by atoms with E-state index in [9.17, 15) is 29.8 Å². The van der Waals surface area contributed by atoms with Crippen LogP contribution in [0, 0.1) is 20.2 Å². The summed E-state index contributed by atoms with van der Waals surface area (Å²) in [6, 6.07) is 9.21. The molecule has 2 amide bonds. The van der Waals surface area contributed by atoms with Crippen molar-refractivity contribution in [1.82, 2.24) is 5.32 Å². The van der Waals surface area contributed by atoms with Crippen LogP contribution in [0.2, 0.25) is 0 Å². The van der Waals surface area contributed by atoms with Gasteiger partial charge < -0.3 is 10.6 Å². The minimum absolute atomic E-state index is 0.123. The van der Waals surface area contributed by atoms with Crippen LogP contribution in [0.5, 0.6) is 0 Å². The maximum atomic E-state index is 12.4. The Hall–Kier alpha value is -3.93. The predicted molar refractivity (Wildman–Crippen MR) is 118 cm³/mol. The van der Waals surface area contributed by atoms with Gasteiger partial charge >= 0.3 is 0 Å². The number of thiocarbonyl (C=S) groups is 1. The van der Waals surface area contributed by atoms with Crippen molar-refractivity contribution in [3.63, 3.8) is 0 Å². The summed E-state index contributed by atoms with van der Waals surface area (Å²) in [5, 5.41) is 29.6. The minimum atomic E-state index is -0.853. The van der Waals surface area contributed by atoms with E-state index in [2.05, 4.69) is 16.0 Å². The largest absolute Gasteiger partial charge is 0.332 e. The summed E-state index contributed by atoms with van der Waals surface area (Å²) >= 11 is 5.07. The number of anilines is 2. The van der Waals surface area contributed by atoms with E-state index in [1.807, 2.05) is 6.92 Å². The molecule has 0 heterocycles. The number of unbranched alkanes of at least 4 members (excludes halogenated alkanes) is 1. The second kappa shape index (κ2) is 10.7. The van der Waals surface area contributed by atoms with Crippen molar-refractivity contribution in [3.8, 4) is 0 Å². The Morgan fingerprint density at radius 2 is 1.55 bits per heavy atom. The first-order valence-corrected chi connectivity index (χ1v) is 9.56. The number of nitrogens with one attached hydrogen (secondary N) is 3. The number of nitrogens with zero attached hydrogens (tertiary/aromatic N) is 2. The number of nitro benzene ring substituents is 2. The number of non-ortho nitro benzene ring substituents is 2. The van der Waals surface area contributed by atoms with Crippen LogP contribution < -0.4 is 16.0 Å². The third kappa shape index (κ3) is 7.12. The number of carbonyl (C=O) groups is 2. The van der Waals surface area contributed by atoms with Crippen LogP contribution in [0.3, 0.4) is 0 Å². The molecule has 0 aliphatic carbocycles. The van der Waals surface area contributed by atoms with Crippen molar-refractivity contribution >= 4 is 51.9 Å². The maximum absolute atomic E-state index is 12.4. The number of hydrogen-bond donors (Lipinski definition) is 3. The first-order valence-electron chi connectivity index (χ1n) is 9.15. The molecular formula is C19H19N5O6S. The molecule has 0 atom stereocenters. The fourth-order valence-electron chi connectivity index (χ4n) is 2.51. The van der Waals surface area contributed by atoms with E-state index in [1.54, 1.807) is 24.3 Å². The molecular weight excluding hydrogens is 426 g/mol. The van der Waals surface area contributed by atoms with Crippen LogP contribution in [-0.4, -0.2) is 26.8 Å². The van der Waals surface area contributed by atoms with E-state index in [4.69, 9.17) is 12.2 Å². The number of hydrogen-bond acceptors (Lipinski definition) is 7. The van der Waals surface area contributed by atoms with Gasteiger partial charge in [-0.3, -0.25) is 35.1 Å². The molecule has 12 heteroatoms. The lowest BCUT2D eigenvalue weighted by molar-refractivity contribution is -0.394. The Morgan fingerprint density at radius 3 is 2.10 bits per heavy atom. The quantitative estimate of drug-likeness (QED) is 0.315. The Morgan fingerprint density at radius 1 is 0.968 bits per heavy atom. The van der Waals surface area contributed by atoms with Crippen LogP contribution in [0.25, 0.3) is 0 Å². The van der Waals surface area contributed by atoms with Crippen molar-refractivity contribution in [2.45, 2.75) is 26.2 Å². The molecule has 2 aromatic rings. The average molecular weight is 445 g/mol. The Balaban J connectivity index is 2.07. The Labute approximate surface area is 182 Å². The molecule has 0 fully saturated rings. The van der Waals surface area contributed by atoms with Crippen LogP contribution in [0.15, 0.2) is 42.5 Å². The van der Waals surface area contributed by atoms with Crippen LogP contribution >= 0.6 is 12.2 Å². The summed E-state index contributed by atoms with van der Waals surface area (Å²) in [5.74, 6) is -0.976. The zero-order valence-corrected chi connectivity index (χ0v) is 17.2. The fourth-order valence-corrected chi connectivity index (χ4v) is 2.72. The van der Waals surface area contributed by atoms with Crippen LogP contribution in [-0.2, 0) is 4.79 Å². The normalized spacial score (nSPS) is 10.1. The van der Waals surface area contributed by atoms with Gasteiger partial charge in [-0.1, -0.05) is 19.4 Å². The summed E-state index contributed by atoms with van der Waals surface area (Å²) in [6.45, 7) is 1.99. The summed E-state index contributed by atoms with van der Waals surface area (Å²) in [7, 11) is 0. The topological polar surface area (TPSA) is 157 Å². The minimum Gasteiger partial charge on any atom is -0.332 e. The van der Waals surface area contributed by atoms with Crippen molar-refractivity contribution in [1.29, 1.82) is 0 Å². The van der Waals surface area contributed by atoms with Gasteiger partial charge in [0.15, 0.2) is 5.11 Å². The molecule has 31 heavy (non-hydrogen) atoms. The monoisotopic (exact) mass is 445 g/mol. The molecule has 3 N–H and O–H groups in total. The summed E-state index contributed by atoms with van der Waals surface area (Å²) in [5.41, 5.74) is -0.463. The molecule has 2 rings (SSSR count). The highest BCUT2D eigenvalue weighted by Crippen LogP contribution is 2.23. The SMILES string of the molecule is CCCCC(=O)Nc1cccc(NC(=S)NC(=O)c2cc([N+](=O)[O-])cc([N+](=O)[O-])c2)c1. The van der Waals surface area contributed by atoms with Crippen molar-refractivity contribution < 1.29 is 19.4 Å². The molecule has 0 saturated carbocycles. The van der Waals surface area contributed by atoms with Crippen LogP contribution in [0.1, 0.15) is 36.5 Å². The average Bonchev–Trinajstić information content (AvgIpc) is 2.71. The zero-order valence-electron chi connectivity index (χ0n) is 16.4. The van der Waals surface area contributed by atoms with Gasteiger partial charge in [0, 0.05) is 29.9 Å². The molecule has 2 aromatic carbocycles. The van der Waals surface area contributed by atoms with E-state index < -0.39 is 27.1 Å². The lowest BCUT2D eigenvalue weighted by Gasteiger charge is -2.11. The molecule has 0 saturated heterocycles. The highest BCUT2D eigenvalue weighted by Gasteiger charge is 2.20. The standard InChI is InChI=1S/C19H19N5O6S/c1-2-3-7-17(25)20-13-5-4-6-14(10-13)21-19(31)22-18(26)12-8-15(23(27)28)11-16(9-12)24(29)30/h4-6,8-11H,2-3,7H2,1H3,(H,20,25)(H2,21,22,26,31). The highest BCUT2D eigenvalue weighted by molar-refractivity contribution is 7.80. The number of amides is 2. The van der Waals surface area contributed by atoms with Gasteiger partial charge in [-0.25, -0.2) is 0 Å². The second-order valence-corrected chi connectivity index (χ2v) is 6.80. The molecule has 0 aromatic heterocycles. The van der Waals surface area contributed by atoms with Gasteiger partial charge in [0.1, 0.15) is 0 Å². The molecule has 11 nitrogen and oxygen atoms in total. The third-order valence-corrected chi connectivity index (χ3v) is 4.18. The summed E-state index contributed by atoms with van der Waals surface area (Å²) in [4.78, 5) is 44.5.